The highest BCUT2D eigenvalue weighted by molar-refractivity contribution is 7.80. The van der Waals surface area contributed by atoms with Gasteiger partial charge in [0.1, 0.15) is 11.5 Å². The molecule has 2 atom stereocenters. The number of hydrogen-bond acceptors (Lipinski definition) is 4. The molecule has 0 saturated carbocycles. The largest absolute Gasteiger partial charge is 0.506 e. The van der Waals surface area contributed by atoms with Gasteiger partial charge in [0.15, 0.2) is 5.11 Å². The number of pyridine rings is 1. The second-order valence-corrected chi connectivity index (χ2v) is 8.52. The summed E-state index contributed by atoms with van der Waals surface area (Å²) in [7, 11) is 0. The summed E-state index contributed by atoms with van der Waals surface area (Å²) in [6.45, 7) is 4.05. The van der Waals surface area contributed by atoms with Crippen molar-refractivity contribution in [3.63, 3.8) is 0 Å². The first-order chi connectivity index (χ1) is 16.0. The molecule has 3 N–H and O–H groups in total. The van der Waals surface area contributed by atoms with Gasteiger partial charge < -0.3 is 25.0 Å². The Morgan fingerprint density at radius 1 is 0.879 bits per heavy atom. The van der Waals surface area contributed by atoms with Crippen LogP contribution in [0, 0.1) is 13.8 Å². The van der Waals surface area contributed by atoms with E-state index in [2.05, 4.69) is 16.4 Å². The second kappa shape index (κ2) is 8.26. The van der Waals surface area contributed by atoms with Crippen LogP contribution in [0.3, 0.4) is 0 Å². The molecule has 0 aliphatic carbocycles. The van der Waals surface area contributed by atoms with Crippen LogP contribution >= 0.6 is 12.2 Å². The lowest BCUT2D eigenvalue weighted by Gasteiger charge is -2.28. The van der Waals surface area contributed by atoms with Crippen LogP contribution in [0.4, 0.5) is 5.69 Å². The average molecular weight is 457 g/mol. The van der Waals surface area contributed by atoms with Crippen LogP contribution < -0.4 is 10.2 Å². The van der Waals surface area contributed by atoms with Crippen molar-refractivity contribution in [2.45, 2.75) is 25.9 Å². The Bertz CT molecular complexity index is 1340. The number of thiocarbonyl (C=S) groups is 1. The molecule has 2 aromatic carbocycles. The van der Waals surface area contributed by atoms with Crippen molar-refractivity contribution in [2.75, 3.05) is 4.90 Å². The minimum Gasteiger partial charge on any atom is -0.506 e. The number of aromatic hydroxyl groups is 2. The van der Waals surface area contributed by atoms with Crippen molar-refractivity contribution in [1.29, 1.82) is 0 Å². The first kappa shape index (κ1) is 21.0. The zero-order chi connectivity index (χ0) is 23.1. The molecule has 1 aliphatic rings. The van der Waals surface area contributed by atoms with E-state index in [1.165, 1.54) is 0 Å². The number of aryl methyl sites for hydroxylation is 1. The number of nitrogens with one attached hydrogen (secondary N) is 1. The molecule has 1 aliphatic heterocycles. The van der Waals surface area contributed by atoms with E-state index < -0.39 is 0 Å². The molecule has 7 heteroatoms. The van der Waals surface area contributed by atoms with E-state index in [0.717, 1.165) is 28.3 Å². The third-order valence-corrected chi connectivity index (χ3v) is 6.47. The first-order valence-corrected chi connectivity index (χ1v) is 11.1. The fraction of sp³-hybridized carbons (Fsp3) is 0.154. The maximum atomic E-state index is 10.7. The minimum absolute atomic E-state index is 0.155. The molecule has 0 spiro atoms. The molecule has 166 valence electrons. The number of para-hydroxylation sites is 4. The molecule has 1 saturated heterocycles. The van der Waals surface area contributed by atoms with Gasteiger partial charge in [-0.1, -0.05) is 30.3 Å². The molecular formula is C26H24N4O2S. The molecular weight excluding hydrogens is 432 g/mol. The Labute approximate surface area is 197 Å². The van der Waals surface area contributed by atoms with E-state index in [1.807, 2.05) is 71.8 Å². The number of nitrogens with zero attached hydrogens (tertiary/aromatic N) is 3. The molecule has 1 fully saturated rings. The van der Waals surface area contributed by atoms with E-state index in [9.17, 15) is 10.2 Å². The van der Waals surface area contributed by atoms with Gasteiger partial charge in [0, 0.05) is 17.6 Å². The molecule has 6 nitrogen and oxygen atoms in total. The summed E-state index contributed by atoms with van der Waals surface area (Å²) in [5, 5.41) is 25.1. The Hall–Kier alpha value is -3.84. The molecule has 3 heterocycles. The van der Waals surface area contributed by atoms with Crippen LogP contribution in [-0.2, 0) is 0 Å². The number of rotatable bonds is 4. The van der Waals surface area contributed by atoms with Crippen molar-refractivity contribution < 1.29 is 10.2 Å². The summed E-state index contributed by atoms with van der Waals surface area (Å²) in [6, 6.07) is 21.9. The molecule has 0 amide bonds. The smallest absolute Gasteiger partial charge is 0.174 e. The van der Waals surface area contributed by atoms with Gasteiger partial charge in [0.05, 0.1) is 29.2 Å². The van der Waals surface area contributed by atoms with Gasteiger partial charge in [-0.25, -0.2) is 0 Å². The Balaban J connectivity index is 1.71. The van der Waals surface area contributed by atoms with Gasteiger partial charge in [-0.15, -0.1) is 0 Å². The summed E-state index contributed by atoms with van der Waals surface area (Å²) >= 11 is 5.76. The van der Waals surface area contributed by atoms with Gasteiger partial charge in [0.2, 0.25) is 0 Å². The number of phenolic OH excluding ortho intramolecular Hbond substituents is 2. The number of aromatic nitrogens is 2. The van der Waals surface area contributed by atoms with Gasteiger partial charge in [-0.3, -0.25) is 4.98 Å². The minimum atomic E-state index is -0.258. The van der Waals surface area contributed by atoms with Crippen LogP contribution in [-0.4, -0.2) is 24.9 Å². The molecule has 5 rings (SSSR count). The highest BCUT2D eigenvalue weighted by atomic mass is 32.1. The zero-order valence-corrected chi connectivity index (χ0v) is 19.1. The molecule has 0 radical (unpaired) electrons. The Morgan fingerprint density at radius 2 is 1.52 bits per heavy atom. The lowest BCUT2D eigenvalue weighted by molar-refractivity contribution is 0.471. The normalized spacial score (nSPS) is 17.9. The van der Waals surface area contributed by atoms with Crippen LogP contribution in [0.1, 0.15) is 34.7 Å². The fourth-order valence-electron chi connectivity index (χ4n) is 4.71. The van der Waals surface area contributed by atoms with Gasteiger partial charge in [-0.2, -0.15) is 0 Å². The third-order valence-electron chi connectivity index (χ3n) is 6.15. The van der Waals surface area contributed by atoms with Crippen LogP contribution in [0.15, 0.2) is 79.0 Å². The van der Waals surface area contributed by atoms with Crippen molar-refractivity contribution in [2.24, 2.45) is 0 Å². The van der Waals surface area contributed by atoms with E-state index in [0.29, 0.717) is 10.8 Å². The molecule has 2 aromatic heterocycles. The van der Waals surface area contributed by atoms with Crippen LogP contribution in [0.5, 0.6) is 11.5 Å². The van der Waals surface area contributed by atoms with Crippen molar-refractivity contribution >= 4 is 23.0 Å². The quantitative estimate of drug-likeness (QED) is 0.372. The topological polar surface area (TPSA) is 73.5 Å². The zero-order valence-electron chi connectivity index (χ0n) is 18.3. The lowest BCUT2D eigenvalue weighted by Crippen LogP contribution is -2.29. The number of benzene rings is 2. The SMILES string of the molecule is Cc1cc([C@@H]2[C@@H](c3ccccn3)NC(=S)N2c2ccccc2O)c(C)n1-c1ccccc1O. The predicted octanol–water partition coefficient (Wildman–Crippen LogP) is 5.08. The maximum Gasteiger partial charge on any atom is 0.174 e. The van der Waals surface area contributed by atoms with Gasteiger partial charge in [0.25, 0.3) is 0 Å². The number of phenols is 2. The molecule has 33 heavy (non-hydrogen) atoms. The summed E-state index contributed by atoms with van der Waals surface area (Å²) in [4.78, 5) is 6.55. The third kappa shape index (κ3) is 3.50. The van der Waals surface area contributed by atoms with Gasteiger partial charge >= 0.3 is 0 Å². The van der Waals surface area contributed by atoms with Crippen molar-refractivity contribution in [3.05, 3.63) is 102 Å². The summed E-state index contributed by atoms with van der Waals surface area (Å²) in [6.07, 6.45) is 1.77. The van der Waals surface area contributed by atoms with E-state index in [1.54, 1.807) is 24.4 Å². The molecule has 4 aromatic rings. The second-order valence-electron chi connectivity index (χ2n) is 8.14. The van der Waals surface area contributed by atoms with Crippen LogP contribution in [0.2, 0.25) is 0 Å². The highest BCUT2D eigenvalue weighted by Gasteiger charge is 2.43. The standard InChI is InChI=1S/C26H24N4O2S/c1-16-15-18(17(2)29(16)20-10-3-5-12-22(20)31)25-24(19-9-7-8-14-27-19)28-26(33)30(25)21-11-4-6-13-23(21)32/h3-15,24-25,31-32H,1-2H3,(H,28,33)/t24-,25-/m1/s1. The van der Waals surface area contributed by atoms with Gasteiger partial charge in [-0.05, 0) is 74.1 Å². The predicted molar refractivity (Wildman–Crippen MR) is 133 cm³/mol. The fourth-order valence-corrected chi connectivity index (χ4v) is 5.05. The van der Waals surface area contributed by atoms with E-state index >= 15 is 0 Å². The summed E-state index contributed by atoms with van der Waals surface area (Å²) in [5.74, 6) is 0.368. The maximum absolute atomic E-state index is 10.7. The Morgan fingerprint density at radius 3 is 2.15 bits per heavy atom. The molecule has 0 bridgehead atoms. The monoisotopic (exact) mass is 456 g/mol. The Kier molecular flexibility index (Phi) is 5.26. The van der Waals surface area contributed by atoms with Crippen LogP contribution in [0.25, 0.3) is 5.69 Å². The van der Waals surface area contributed by atoms with Crippen molar-refractivity contribution in [3.8, 4) is 17.2 Å². The molecule has 0 unspecified atom stereocenters. The summed E-state index contributed by atoms with van der Waals surface area (Å²) in [5.41, 5.74) is 5.20. The van der Waals surface area contributed by atoms with E-state index in [-0.39, 0.29) is 23.6 Å². The summed E-state index contributed by atoms with van der Waals surface area (Å²) < 4.78 is 2.05. The van der Waals surface area contributed by atoms with Crippen molar-refractivity contribution in [1.82, 2.24) is 14.9 Å². The van der Waals surface area contributed by atoms with E-state index in [4.69, 9.17) is 12.2 Å². The average Bonchev–Trinajstić information content (AvgIpc) is 3.30. The first-order valence-electron chi connectivity index (χ1n) is 10.7. The lowest BCUT2D eigenvalue weighted by atomic mass is 9.96. The number of anilines is 1. The number of hydrogen-bond donors (Lipinski definition) is 3. The highest BCUT2D eigenvalue weighted by Crippen LogP contribution is 2.46.